The number of nitrogens with zero attached hydrogens (tertiary/aromatic N) is 6. The summed E-state index contributed by atoms with van der Waals surface area (Å²) in [4.78, 5) is 33.4. The Morgan fingerprint density at radius 1 is 1.02 bits per heavy atom. The molecule has 1 aliphatic rings. The minimum Gasteiger partial charge on any atom is -0.447 e. The van der Waals surface area contributed by atoms with Gasteiger partial charge in [0.05, 0.1) is 34.8 Å². The Hall–Kier alpha value is -4.72. The zero-order chi connectivity index (χ0) is 28.9. The van der Waals surface area contributed by atoms with Gasteiger partial charge in [0, 0.05) is 54.7 Å². The number of aromatic nitrogens is 4. The highest BCUT2D eigenvalue weighted by molar-refractivity contribution is 7.10. The molecule has 0 unspecified atom stereocenters. The van der Waals surface area contributed by atoms with Crippen LogP contribution in [0.1, 0.15) is 17.4 Å². The van der Waals surface area contributed by atoms with E-state index in [9.17, 15) is 4.79 Å². The van der Waals surface area contributed by atoms with E-state index in [0.29, 0.717) is 35.7 Å². The van der Waals surface area contributed by atoms with Crippen LogP contribution < -0.4 is 15.8 Å². The predicted octanol–water partition coefficient (Wildman–Crippen LogP) is 4.80. The molecule has 212 valence electrons. The number of fused-ring (bicyclic) bond motifs is 1. The minimum atomic E-state index is -0.247. The van der Waals surface area contributed by atoms with Crippen molar-refractivity contribution in [2.45, 2.75) is 13.5 Å². The molecule has 10 heteroatoms. The topological polar surface area (TPSA) is 88.4 Å². The normalized spacial score (nSPS) is 13.5. The van der Waals surface area contributed by atoms with Gasteiger partial charge in [0.2, 0.25) is 5.95 Å². The van der Waals surface area contributed by atoms with E-state index in [1.165, 1.54) is 17.0 Å². The number of hydrogen-bond donors (Lipinski definition) is 1. The Morgan fingerprint density at radius 3 is 2.57 bits per heavy atom. The fraction of sp³-hybridized carbons (Fsp3) is 0.250. The summed E-state index contributed by atoms with van der Waals surface area (Å²) in [5.41, 5.74) is 6.30. The van der Waals surface area contributed by atoms with Crippen molar-refractivity contribution in [1.82, 2.24) is 24.4 Å². The second-order valence-corrected chi connectivity index (χ2v) is 11.0. The molecule has 1 N–H and O–H groups in total. The molecule has 0 radical (unpaired) electrons. The number of piperazine rings is 1. The van der Waals surface area contributed by atoms with Gasteiger partial charge in [-0.15, -0.1) is 11.3 Å². The zero-order valence-corrected chi connectivity index (χ0v) is 24.4. The molecule has 1 saturated heterocycles. The van der Waals surface area contributed by atoms with Crippen LogP contribution in [0.4, 0.5) is 17.3 Å². The van der Waals surface area contributed by atoms with Crippen molar-refractivity contribution in [2.24, 2.45) is 0 Å². The highest BCUT2D eigenvalue weighted by atomic mass is 32.1. The highest BCUT2D eigenvalue weighted by Gasteiger charge is 2.17. The van der Waals surface area contributed by atoms with Crippen LogP contribution in [-0.2, 0) is 11.3 Å². The summed E-state index contributed by atoms with van der Waals surface area (Å²) in [5.74, 6) is 3.27. The molecule has 0 spiro atoms. The smallest absolute Gasteiger partial charge is 0.268 e. The maximum atomic E-state index is 13.7. The van der Waals surface area contributed by atoms with Gasteiger partial charge >= 0.3 is 0 Å². The average Bonchev–Trinajstić information content (AvgIpc) is 3.49. The number of benzene rings is 2. The number of thiazole rings is 1. The van der Waals surface area contributed by atoms with Crippen molar-refractivity contribution in [1.29, 1.82) is 0 Å². The van der Waals surface area contributed by atoms with Crippen LogP contribution in [0.5, 0.6) is 0 Å². The van der Waals surface area contributed by atoms with Gasteiger partial charge in [-0.3, -0.25) is 9.36 Å². The first-order valence-electron chi connectivity index (χ1n) is 13.9. The van der Waals surface area contributed by atoms with E-state index in [1.807, 2.05) is 49.4 Å². The summed E-state index contributed by atoms with van der Waals surface area (Å²) < 4.78 is 6.85. The molecular formula is C32H31N7O2S. The van der Waals surface area contributed by atoms with Gasteiger partial charge in [-0.2, -0.15) is 4.98 Å². The van der Waals surface area contributed by atoms with Crippen molar-refractivity contribution in [3.63, 3.8) is 0 Å². The molecule has 9 nitrogen and oxygen atoms in total. The first-order chi connectivity index (χ1) is 20.6. The lowest BCUT2D eigenvalue weighted by Crippen LogP contribution is -2.44. The summed E-state index contributed by atoms with van der Waals surface area (Å²) in [7, 11) is 2.15. The second-order valence-electron chi connectivity index (χ2n) is 10.0. The average molecular weight is 578 g/mol. The molecule has 5 aromatic rings. The van der Waals surface area contributed by atoms with Crippen LogP contribution in [-0.4, -0.2) is 64.3 Å². The molecule has 0 aliphatic carbocycles. The number of hydrogen-bond acceptors (Lipinski definition) is 9. The third kappa shape index (κ3) is 5.98. The van der Waals surface area contributed by atoms with Crippen LogP contribution in [0.3, 0.4) is 0 Å². The summed E-state index contributed by atoms with van der Waals surface area (Å²) in [5, 5.41) is 4.02. The van der Waals surface area contributed by atoms with Gasteiger partial charge in [0.1, 0.15) is 11.8 Å². The van der Waals surface area contributed by atoms with Crippen LogP contribution in [0.2, 0.25) is 0 Å². The summed E-state index contributed by atoms with van der Waals surface area (Å²) in [6.45, 7) is 6.72. The van der Waals surface area contributed by atoms with E-state index in [2.05, 4.69) is 56.3 Å². The Bertz CT molecular complexity index is 1800. The van der Waals surface area contributed by atoms with Crippen LogP contribution in [0, 0.1) is 12.0 Å². The van der Waals surface area contributed by atoms with Crippen LogP contribution >= 0.6 is 11.3 Å². The first-order valence-corrected chi connectivity index (χ1v) is 14.8. The van der Waals surface area contributed by atoms with Gasteiger partial charge in [-0.1, -0.05) is 30.3 Å². The third-order valence-corrected chi connectivity index (χ3v) is 8.03. The third-order valence-electron chi connectivity index (χ3n) is 7.21. The quantitative estimate of drug-likeness (QED) is 0.276. The number of rotatable bonds is 7. The molecule has 4 heterocycles. The lowest BCUT2D eigenvalue weighted by Gasteiger charge is -2.34. The largest absolute Gasteiger partial charge is 0.447 e. The highest BCUT2D eigenvalue weighted by Crippen LogP contribution is 2.27. The monoisotopic (exact) mass is 577 g/mol. The first kappa shape index (κ1) is 27.4. The van der Waals surface area contributed by atoms with Crippen molar-refractivity contribution >= 4 is 39.7 Å². The van der Waals surface area contributed by atoms with E-state index in [1.54, 1.807) is 22.3 Å². The minimum absolute atomic E-state index is 0.247. The molecule has 2 aromatic carbocycles. The number of nitrogens with one attached hydrogen (secondary N) is 1. The number of anilines is 3. The van der Waals surface area contributed by atoms with E-state index >= 15 is 0 Å². The van der Waals surface area contributed by atoms with E-state index < -0.39 is 0 Å². The number of ether oxygens (including phenoxy) is 1. The van der Waals surface area contributed by atoms with Crippen LogP contribution in [0.15, 0.2) is 77.2 Å². The summed E-state index contributed by atoms with van der Waals surface area (Å²) in [6.07, 6.45) is 4.34. The lowest BCUT2D eigenvalue weighted by atomic mass is 10.1. The Labute approximate surface area is 248 Å². The Balaban J connectivity index is 1.34. The fourth-order valence-corrected chi connectivity index (χ4v) is 5.70. The molecule has 0 amide bonds. The molecule has 1 aliphatic heterocycles. The van der Waals surface area contributed by atoms with Crippen LogP contribution in [0.25, 0.3) is 22.3 Å². The Morgan fingerprint density at radius 2 is 1.81 bits per heavy atom. The SMILES string of the molecule is CCOC#Cc1cc2cnc(Nc3ccc(N4CCN(C)CC4)cc3)nc2n(Cc2scnc2-c2ccccc2)c1=O. The van der Waals surface area contributed by atoms with Crippen molar-refractivity contribution < 1.29 is 4.74 Å². The molecule has 6 rings (SSSR count). The van der Waals surface area contributed by atoms with Gasteiger partial charge in [0.25, 0.3) is 5.56 Å². The van der Waals surface area contributed by atoms with Crippen molar-refractivity contribution in [3.8, 4) is 23.3 Å². The maximum absolute atomic E-state index is 13.7. The van der Waals surface area contributed by atoms with Gasteiger partial charge in [0.15, 0.2) is 0 Å². The van der Waals surface area contributed by atoms with Crippen molar-refractivity contribution in [2.75, 3.05) is 50.1 Å². The zero-order valence-electron chi connectivity index (χ0n) is 23.6. The van der Waals surface area contributed by atoms with E-state index in [-0.39, 0.29) is 5.56 Å². The predicted molar refractivity (Wildman–Crippen MR) is 168 cm³/mol. The lowest BCUT2D eigenvalue weighted by molar-refractivity contribution is 0.299. The molecule has 0 atom stereocenters. The molecule has 1 fully saturated rings. The molecular weight excluding hydrogens is 546 g/mol. The maximum Gasteiger partial charge on any atom is 0.268 e. The molecule has 42 heavy (non-hydrogen) atoms. The Kier molecular flexibility index (Phi) is 8.12. The molecule has 3 aromatic heterocycles. The number of likely N-dealkylation sites (N-methyl/N-ethyl adjacent to an activating group) is 1. The summed E-state index contributed by atoms with van der Waals surface area (Å²) >= 11 is 1.51. The standard InChI is InChI=1S/C32H31N7O2S/c1-3-41-18-13-24-19-25-20-33-32(35-26-9-11-27(12-10-26)38-16-14-37(2)15-17-38)36-30(25)39(31(24)40)21-28-29(34-22-42-28)23-7-5-4-6-8-23/h4-12,19-20,22H,3,14-17,21H2,1-2H3,(H,33,35,36). The van der Waals surface area contributed by atoms with Gasteiger partial charge < -0.3 is 19.9 Å². The van der Waals surface area contributed by atoms with Gasteiger partial charge in [-0.05, 0) is 50.2 Å². The van der Waals surface area contributed by atoms with Gasteiger partial charge in [-0.25, -0.2) is 9.97 Å². The van der Waals surface area contributed by atoms with E-state index in [4.69, 9.17) is 9.72 Å². The number of pyridine rings is 1. The fourth-order valence-electron chi connectivity index (χ4n) is 4.93. The van der Waals surface area contributed by atoms with Crippen molar-refractivity contribution in [3.05, 3.63) is 93.2 Å². The molecule has 0 bridgehead atoms. The second kappa shape index (κ2) is 12.4. The molecule has 0 saturated carbocycles. The van der Waals surface area contributed by atoms with E-state index in [0.717, 1.165) is 48.0 Å². The summed E-state index contributed by atoms with van der Waals surface area (Å²) in [6, 6.07) is 20.0.